The van der Waals surface area contributed by atoms with E-state index in [-0.39, 0.29) is 6.03 Å². The highest BCUT2D eigenvalue weighted by atomic mass is 16.2. The summed E-state index contributed by atoms with van der Waals surface area (Å²) in [6.45, 7) is 7.52. The molecule has 0 spiro atoms. The number of hydrogen-bond acceptors (Lipinski definition) is 1. The molecular formula is C17H26N2O. The zero-order valence-corrected chi connectivity index (χ0v) is 12.7. The van der Waals surface area contributed by atoms with E-state index in [0.29, 0.717) is 0 Å². The summed E-state index contributed by atoms with van der Waals surface area (Å²) in [5.41, 5.74) is 1.42. The Balaban J connectivity index is 1.82. The number of carbonyl (C=O) groups is 1. The summed E-state index contributed by atoms with van der Waals surface area (Å²) in [5, 5.41) is 0. The van der Waals surface area contributed by atoms with E-state index >= 15 is 0 Å². The number of hydrogen-bond donors (Lipinski definition) is 0. The van der Waals surface area contributed by atoms with E-state index in [4.69, 9.17) is 0 Å². The second-order valence-corrected chi connectivity index (χ2v) is 5.58. The van der Waals surface area contributed by atoms with Gasteiger partial charge in [0.2, 0.25) is 0 Å². The van der Waals surface area contributed by atoms with Crippen molar-refractivity contribution in [3.63, 3.8) is 0 Å². The molecule has 1 aliphatic heterocycles. The summed E-state index contributed by atoms with van der Waals surface area (Å²) < 4.78 is 0. The molecule has 0 bridgehead atoms. The van der Waals surface area contributed by atoms with E-state index in [9.17, 15) is 4.79 Å². The SMILES string of the molecule is CCN(CC)C(=O)N1CCC(Cc2ccccc2)CC1. The third kappa shape index (κ3) is 3.75. The van der Waals surface area contributed by atoms with Gasteiger partial charge >= 0.3 is 6.03 Å². The van der Waals surface area contributed by atoms with Crippen LogP contribution in [0.2, 0.25) is 0 Å². The maximum absolute atomic E-state index is 12.3. The quantitative estimate of drug-likeness (QED) is 0.825. The molecule has 3 nitrogen and oxygen atoms in total. The standard InChI is InChI=1S/C17H26N2O/c1-3-18(4-2)17(20)19-12-10-16(11-13-19)14-15-8-6-5-7-9-15/h5-9,16H,3-4,10-14H2,1-2H3. The highest BCUT2D eigenvalue weighted by molar-refractivity contribution is 5.74. The van der Waals surface area contributed by atoms with Crippen LogP contribution in [0.4, 0.5) is 4.79 Å². The van der Waals surface area contributed by atoms with Crippen LogP contribution in [0.3, 0.4) is 0 Å². The number of rotatable bonds is 4. The summed E-state index contributed by atoms with van der Waals surface area (Å²) >= 11 is 0. The molecule has 1 fully saturated rings. The fourth-order valence-corrected chi connectivity index (χ4v) is 2.97. The Hall–Kier alpha value is -1.51. The van der Waals surface area contributed by atoms with Crippen LogP contribution in [0.5, 0.6) is 0 Å². The molecule has 1 aromatic carbocycles. The molecule has 0 atom stereocenters. The van der Waals surface area contributed by atoms with Crippen molar-refractivity contribution < 1.29 is 4.79 Å². The number of urea groups is 1. The molecule has 0 unspecified atom stereocenters. The highest BCUT2D eigenvalue weighted by Gasteiger charge is 2.25. The average Bonchev–Trinajstić information content (AvgIpc) is 2.50. The number of amides is 2. The first-order valence-electron chi connectivity index (χ1n) is 7.82. The van der Waals surface area contributed by atoms with Gasteiger partial charge in [-0.15, -0.1) is 0 Å². The van der Waals surface area contributed by atoms with Gasteiger partial charge in [0.25, 0.3) is 0 Å². The minimum absolute atomic E-state index is 0.216. The van der Waals surface area contributed by atoms with Crippen molar-refractivity contribution in [1.29, 1.82) is 0 Å². The largest absolute Gasteiger partial charge is 0.325 e. The first kappa shape index (κ1) is 14.9. The van der Waals surface area contributed by atoms with Crippen LogP contribution in [0.25, 0.3) is 0 Å². The summed E-state index contributed by atoms with van der Waals surface area (Å²) in [7, 11) is 0. The molecule has 3 heteroatoms. The molecule has 1 saturated heterocycles. The predicted octanol–water partition coefficient (Wildman–Crippen LogP) is 3.40. The summed E-state index contributed by atoms with van der Waals surface area (Å²) in [6, 6.07) is 10.9. The molecule has 0 radical (unpaired) electrons. The number of benzene rings is 1. The Morgan fingerprint density at radius 2 is 1.75 bits per heavy atom. The molecule has 1 aliphatic rings. The van der Waals surface area contributed by atoms with Crippen molar-refractivity contribution in [2.75, 3.05) is 26.2 Å². The van der Waals surface area contributed by atoms with Crippen LogP contribution < -0.4 is 0 Å². The van der Waals surface area contributed by atoms with Gasteiger partial charge in [0, 0.05) is 26.2 Å². The van der Waals surface area contributed by atoms with E-state index in [1.165, 1.54) is 5.56 Å². The fraction of sp³-hybridized carbons (Fsp3) is 0.588. The van der Waals surface area contributed by atoms with Crippen molar-refractivity contribution in [1.82, 2.24) is 9.80 Å². The molecule has 1 aromatic rings. The Morgan fingerprint density at radius 1 is 1.15 bits per heavy atom. The summed E-state index contributed by atoms with van der Waals surface area (Å²) in [5.74, 6) is 0.721. The zero-order chi connectivity index (χ0) is 14.4. The van der Waals surface area contributed by atoms with Crippen molar-refractivity contribution in [3.05, 3.63) is 35.9 Å². The summed E-state index contributed by atoms with van der Waals surface area (Å²) in [6.07, 6.45) is 3.40. The van der Waals surface area contributed by atoms with Crippen LogP contribution in [0, 0.1) is 5.92 Å². The van der Waals surface area contributed by atoms with Gasteiger partial charge in [-0.05, 0) is 44.6 Å². The molecule has 1 heterocycles. The second-order valence-electron chi connectivity index (χ2n) is 5.58. The normalized spacial score (nSPS) is 16.2. The Morgan fingerprint density at radius 3 is 2.30 bits per heavy atom. The number of piperidine rings is 1. The van der Waals surface area contributed by atoms with E-state index in [1.54, 1.807) is 0 Å². The minimum atomic E-state index is 0.216. The molecule has 2 rings (SSSR count). The van der Waals surface area contributed by atoms with Crippen LogP contribution in [0.15, 0.2) is 30.3 Å². The highest BCUT2D eigenvalue weighted by Crippen LogP contribution is 2.22. The molecule has 20 heavy (non-hydrogen) atoms. The van der Waals surface area contributed by atoms with Gasteiger partial charge in [0.15, 0.2) is 0 Å². The molecular weight excluding hydrogens is 248 g/mol. The number of carbonyl (C=O) groups excluding carboxylic acids is 1. The van der Waals surface area contributed by atoms with Gasteiger partial charge in [-0.1, -0.05) is 30.3 Å². The van der Waals surface area contributed by atoms with Crippen molar-refractivity contribution in [2.45, 2.75) is 33.1 Å². The first-order chi connectivity index (χ1) is 9.74. The van der Waals surface area contributed by atoms with E-state index in [1.807, 2.05) is 23.6 Å². The number of likely N-dealkylation sites (tertiary alicyclic amines) is 1. The lowest BCUT2D eigenvalue weighted by Gasteiger charge is -2.35. The van der Waals surface area contributed by atoms with Gasteiger partial charge in [-0.25, -0.2) is 4.79 Å². The van der Waals surface area contributed by atoms with Gasteiger partial charge in [-0.2, -0.15) is 0 Å². The fourth-order valence-electron chi connectivity index (χ4n) is 2.97. The van der Waals surface area contributed by atoms with Gasteiger partial charge < -0.3 is 9.80 Å². The zero-order valence-electron chi connectivity index (χ0n) is 12.7. The monoisotopic (exact) mass is 274 g/mol. The van der Waals surface area contributed by atoms with Crippen molar-refractivity contribution >= 4 is 6.03 Å². The summed E-state index contributed by atoms with van der Waals surface area (Å²) in [4.78, 5) is 16.2. The van der Waals surface area contributed by atoms with Crippen LogP contribution in [0.1, 0.15) is 32.3 Å². The minimum Gasteiger partial charge on any atom is -0.325 e. The van der Waals surface area contributed by atoms with Gasteiger partial charge in [-0.3, -0.25) is 0 Å². The Bertz CT molecular complexity index is 406. The predicted molar refractivity (Wildman–Crippen MR) is 82.8 cm³/mol. The average molecular weight is 274 g/mol. The maximum Gasteiger partial charge on any atom is 0.319 e. The van der Waals surface area contributed by atoms with Crippen molar-refractivity contribution in [3.8, 4) is 0 Å². The van der Waals surface area contributed by atoms with E-state index in [2.05, 4.69) is 30.3 Å². The van der Waals surface area contributed by atoms with Crippen LogP contribution in [-0.4, -0.2) is 42.0 Å². The third-order valence-corrected chi connectivity index (χ3v) is 4.29. The topological polar surface area (TPSA) is 23.6 Å². The molecule has 0 aliphatic carbocycles. The van der Waals surface area contributed by atoms with Crippen LogP contribution in [-0.2, 0) is 6.42 Å². The second kappa shape index (κ2) is 7.32. The molecule has 110 valence electrons. The maximum atomic E-state index is 12.3. The lowest BCUT2D eigenvalue weighted by Crippen LogP contribution is -2.46. The molecule has 2 amide bonds. The molecule has 0 aromatic heterocycles. The lowest BCUT2D eigenvalue weighted by atomic mass is 9.90. The van der Waals surface area contributed by atoms with Crippen molar-refractivity contribution in [2.24, 2.45) is 5.92 Å². The third-order valence-electron chi connectivity index (χ3n) is 4.29. The van der Waals surface area contributed by atoms with Crippen LogP contribution >= 0.6 is 0 Å². The first-order valence-corrected chi connectivity index (χ1v) is 7.82. The molecule has 0 saturated carbocycles. The Kier molecular flexibility index (Phi) is 5.45. The smallest absolute Gasteiger partial charge is 0.319 e. The lowest BCUT2D eigenvalue weighted by molar-refractivity contribution is 0.136. The number of nitrogens with zero attached hydrogens (tertiary/aromatic N) is 2. The van der Waals surface area contributed by atoms with E-state index in [0.717, 1.165) is 51.4 Å². The molecule has 0 N–H and O–H groups in total. The Labute approximate surface area is 122 Å². The van der Waals surface area contributed by atoms with E-state index < -0.39 is 0 Å². The van der Waals surface area contributed by atoms with Gasteiger partial charge in [0.05, 0.1) is 0 Å². The van der Waals surface area contributed by atoms with Gasteiger partial charge in [0.1, 0.15) is 0 Å².